The van der Waals surface area contributed by atoms with E-state index in [0.717, 1.165) is 60.2 Å². The minimum atomic E-state index is 0.0934. The van der Waals surface area contributed by atoms with E-state index in [9.17, 15) is 4.79 Å². The topological polar surface area (TPSA) is 57.7 Å². The zero-order valence-corrected chi connectivity index (χ0v) is 18.9. The first-order valence-electron chi connectivity index (χ1n) is 10.9. The molecule has 0 spiro atoms. The average Bonchev–Trinajstić information content (AvgIpc) is 3.11. The highest BCUT2D eigenvalue weighted by Gasteiger charge is 2.29. The van der Waals surface area contributed by atoms with Crippen LogP contribution in [0.5, 0.6) is 0 Å². The monoisotopic (exact) mass is 436 g/mol. The van der Waals surface area contributed by atoms with Crippen molar-refractivity contribution >= 4 is 44.5 Å². The molecule has 1 aliphatic heterocycles. The fourth-order valence-corrected chi connectivity index (χ4v) is 5.56. The lowest BCUT2D eigenvalue weighted by Gasteiger charge is -2.29. The molecule has 31 heavy (non-hydrogen) atoms. The van der Waals surface area contributed by atoms with Crippen LogP contribution < -0.4 is 10.2 Å². The molecule has 5 rings (SSSR count). The van der Waals surface area contributed by atoms with Crippen molar-refractivity contribution in [3.8, 4) is 0 Å². The molecule has 2 fully saturated rings. The molecule has 1 aliphatic carbocycles. The summed E-state index contributed by atoms with van der Waals surface area (Å²) in [4.78, 5) is 22.4. The number of benzene rings is 1. The average molecular weight is 437 g/mol. The molecule has 0 atom stereocenters. The third-order valence-corrected chi connectivity index (χ3v) is 7.37. The van der Waals surface area contributed by atoms with Gasteiger partial charge in [-0.3, -0.25) is 4.79 Å². The number of rotatable bonds is 5. The van der Waals surface area contributed by atoms with E-state index in [4.69, 9.17) is 4.74 Å². The van der Waals surface area contributed by atoms with Gasteiger partial charge in [-0.25, -0.2) is 4.98 Å². The Morgan fingerprint density at radius 3 is 2.74 bits per heavy atom. The van der Waals surface area contributed by atoms with Gasteiger partial charge >= 0.3 is 0 Å². The van der Waals surface area contributed by atoms with Crippen LogP contribution in [0, 0.1) is 0 Å². The van der Waals surface area contributed by atoms with Gasteiger partial charge in [-0.15, -0.1) is 11.3 Å². The first-order chi connectivity index (χ1) is 15.1. The van der Waals surface area contributed by atoms with Gasteiger partial charge in [-0.1, -0.05) is 12.5 Å². The number of nitrogens with zero attached hydrogens (tertiary/aromatic N) is 3. The molecule has 1 saturated heterocycles. The van der Waals surface area contributed by atoms with Crippen molar-refractivity contribution in [3.05, 3.63) is 47.0 Å². The third kappa shape index (κ3) is 4.00. The number of fused-ring (bicyclic) bond motifs is 1. The maximum absolute atomic E-state index is 12.8. The number of nitrogens with one attached hydrogen (secondary N) is 1. The summed E-state index contributed by atoms with van der Waals surface area (Å²) in [6.07, 6.45) is 5.46. The van der Waals surface area contributed by atoms with Crippen molar-refractivity contribution in [3.63, 3.8) is 0 Å². The van der Waals surface area contributed by atoms with E-state index in [0.29, 0.717) is 5.92 Å². The normalized spacial score (nSPS) is 16.9. The van der Waals surface area contributed by atoms with E-state index in [-0.39, 0.29) is 5.91 Å². The highest BCUT2D eigenvalue weighted by molar-refractivity contribution is 7.21. The fraction of sp³-hybridized carbons (Fsp3) is 0.417. The van der Waals surface area contributed by atoms with Gasteiger partial charge in [0.2, 0.25) is 0 Å². The van der Waals surface area contributed by atoms with Crippen LogP contribution in [0.15, 0.2) is 36.5 Å². The summed E-state index contributed by atoms with van der Waals surface area (Å²) in [6.45, 7) is 3.37. The molecule has 3 aromatic rings. The predicted octanol–water partition coefficient (Wildman–Crippen LogP) is 4.85. The van der Waals surface area contributed by atoms with Gasteiger partial charge in [0.1, 0.15) is 5.82 Å². The molecule has 1 amide bonds. The maximum atomic E-state index is 12.8. The number of pyridine rings is 1. The Hall–Kier alpha value is -2.64. The minimum Gasteiger partial charge on any atom is -0.378 e. The highest BCUT2D eigenvalue weighted by Crippen LogP contribution is 2.45. The number of amides is 1. The number of morpholine rings is 1. The number of carbonyl (C=O) groups is 1. The summed E-state index contributed by atoms with van der Waals surface area (Å²) in [5.74, 6) is 1.39. The van der Waals surface area contributed by atoms with Crippen molar-refractivity contribution < 1.29 is 9.53 Å². The van der Waals surface area contributed by atoms with Crippen LogP contribution in [-0.4, -0.2) is 56.2 Å². The number of aromatic nitrogens is 1. The molecule has 7 heteroatoms. The molecule has 1 aromatic carbocycles. The van der Waals surface area contributed by atoms with Gasteiger partial charge in [-0.2, -0.15) is 0 Å². The Labute approximate surface area is 186 Å². The standard InChI is InChI=1S/C24H28N4O2S/c1-27(2)24(29)23-22(16-5-3-6-16)19-14-21(25-15-20(19)31-23)26-17-7-4-8-18(13-17)28-9-11-30-12-10-28/h4,7-8,13-16H,3,5-6,9-12H2,1-2H3,(H,25,26). The number of hydrogen-bond acceptors (Lipinski definition) is 6. The Kier molecular flexibility index (Phi) is 5.54. The molecule has 2 aromatic heterocycles. The lowest BCUT2D eigenvalue weighted by Crippen LogP contribution is -2.36. The summed E-state index contributed by atoms with van der Waals surface area (Å²) < 4.78 is 6.56. The molecule has 3 heterocycles. The summed E-state index contributed by atoms with van der Waals surface area (Å²) in [7, 11) is 3.65. The predicted molar refractivity (Wildman–Crippen MR) is 127 cm³/mol. The maximum Gasteiger partial charge on any atom is 0.263 e. The number of hydrogen-bond donors (Lipinski definition) is 1. The molecule has 0 unspecified atom stereocenters. The molecular formula is C24H28N4O2S. The van der Waals surface area contributed by atoms with E-state index < -0.39 is 0 Å². The SMILES string of the molecule is CN(C)C(=O)c1sc2cnc(Nc3cccc(N4CCOCC4)c3)cc2c1C1CCC1. The van der Waals surface area contributed by atoms with Gasteiger partial charge in [0.25, 0.3) is 5.91 Å². The minimum absolute atomic E-state index is 0.0934. The van der Waals surface area contributed by atoms with Crippen molar-refractivity contribution in [1.29, 1.82) is 0 Å². The number of thiophene rings is 1. The molecule has 1 saturated carbocycles. The number of anilines is 3. The Morgan fingerprint density at radius 2 is 2.03 bits per heavy atom. The summed E-state index contributed by atoms with van der Waals surface area (Å²) >= 11 is 1.57. The third-order valence-electron chi connectivity index (χ3n) is 6.22. The molecule has 162 valence electrons. The van der Waals surface area contributed by atoms with Crippen LogP contribution in [0.3, 0.4) is 0 Å². The van der Waals surface area contributed by atoms with E-state index >= 15 is 0 Å². The lowest BCUT2D eigenvalue weighted by atomic mass is 9.79. The lowest BCUT2D eigenvalue weighted by molar-refractivity contribution is 0.0830. The van der Waals surface area contributed by atoms with Gasteiger partial charge in [0.15, 0.2) is 0 Å². The van der Waals surface area contributed by atoms with Crippen LogP contribution in [0.1, 0.15) is 40.4 Å². The Morgan fingerprint density at radius 1 is 1.23 bits per heavy atom. The van der Waals surface area contributed by atoms with Crippen LogP contribution in [-0.2, 0) is 4.74 Å². The van der Waals surface area contributed by atoms with E-state index in [1.165, 1.54) is 23.1 Å². The summed E-state index contributed by atoms with van der Waals surface area (Å²) in [5.41, 5.74) is 3.43. The molecule has 0 bridgehead atoms. The van der Waals surface area contributed by atoms with Crippen molar-refractivity contribution in [1.82, 2.24) is 9.88 Å². The van der Waals surface area contributed by atoms with Gasteiger partial charge in [0.05, 0.1) is 22.8 Å². The summed E-state index contributed by atoms with van der Waals surface area (Å²) in [5, 5.41) is 4.65. The largest absolute Gasteiger partial charge is 0.378 e. The second kappa shape index (κ2) is 8.48. The first kappa shape index (κ1) is 20.3. The van der Waals surface area contributed by atoms with Crippen molar-refractivity contribution in [2.24, 2.45) is 0 Å². The molecule has 1 N–H and O–H groups in total. The van der Waals surface area contributed by atoms with Gasteiger partial charge < -0.3 is 19.9 Å². The smallest absolute Gasteiger partial charge is 0.263 e. The highest BCUT2D eigenvalue weighted by atomic mass is 32.1. The molecule has 6 nitrogen and oxygen atoms in total. The van der Waals surface area contributed by atoms with Crippen LogP contribution in [0.2, 0.25) is 0 Å². The zero-order valence-electron chi connectivity index (χ0n) is 18.1. The van der Waals surface area contributed by atoms with Crippen LogP contribution in [0.25, 0.3) is 10.1 Å². The first-order valence-corrected chi connectivity index (χ1v) is 11.8. The second-order valence-corrected chi connectivity index (χ2v) is 9.56. The Bertz CT molecular complexity index is 1100. The van der Waals surface area contributed by atoms with E-state index in [2.05, 4.69) is 45.5 Å². The number of carbonyl (C=O) groups excluding carboxylic acids is 1. The van der Waals surface area contributed by atoms with Crippen molar-refractivity contribution in [2.75, 3.05) is 50.6 Å². The number of ether oxygens (including phenoxy) is 1. The Balaban J connectivity index is 1.46. The van der Waals surface area contributed by atoms with Crippen molar-refractivity contribution in [2.45, 2.75) is 25.2 Å². The van der Waals surface area contributed by atoms with Gasteiger partial charge in [-0.05, 0) is 48.6 Å². The van der Waals surface area contributed by atoms with Crippen LogP contribution in [0.4, 0.5) is 17.2 Å². The molecular weight excluding hydrogens is 408 g/mol. The molecule has 0 radical (unpaired) electrons. The van der Waals surface area contributed by atoms with Crippen LogP contribution >= 0.6 is 11.3 Å². The molecule has 2 aliphatic rings. The van der Waals surface area contributed by atoms with Gasteiger partial charge in [0, 0.05) is 50.1 Å². The zero-order chi connectivity index (χ0) is 21.4. The van der Waals surface area contributed by atoms with E-state index in [1.807, 2.05) is 20.3 Å². The second-order valence-electron chi connectivity index (χ2n) is 8.51. The fourth-order valence-electron chi connectivity index (χ4n) is 4.30. The van der Waals surface area contributed by atoms with E-state index in [1.54, 1.807) is 16.2 Å². The summed E-state index contributed by atoms with van der Waals surface area (Å²) in [6, 6.07) is 10.6. The quantitative estimate of drug-likeness (QED) is 0.620.